The number of hydrogen-bond acceptors (Lipinski definition) is 3. The van der Waals surface area contributed by atoms with Crippen molar-refractivity contribution in [1.82, 2.24) is 9.80 Å². The lowest BCUT2D eigenvalue weighted by molar-refractivity contribution is -0.137. The number of rotatable bonds is 4. The summed E-state index contributed by atoms with van der Waals surface area (Å²) in [5.74, 6) is 1.36. The van der Waals surface area contributed by atoms with Crippen molar-refractivity contribution in [3.8, 4) is 5.75 Å². The van der Waals surface area contributed by atoms with Gasteiger partial charge in [0.2, 0.25) is 11.8 Å². The monoisotopic (exact) mass is 330 g/mol. The summed E-state index contributed by atoms with van der Waals surface area (Å²) in [4.78, 5) is 28.8. The zero-order chi connectivity index (χ0) is 17.1. The van der Waals surface area contributed by atoms with Gasteiger partial charge in [-0.15, -0.1) is 0 Å². The molecule has 0 saturated carbocycles. The number of amides is 2. The van der Waals surface area contributed by atoms with Crippen LogP contribution in [0.4, 0.5) is 0 Å². The first-order valence-corrected chi connectivity index (χ1v) is 8.77. The Hall–Kier alpha value is -2.04. The van der Waals surface area contributed by atoms with Crippen molar-refractivity contribution >= 4 is 11.8 Å². The summed E-state index contributed by atoms with van der Waals surface area (Å²) >= 11 is 0. The third-order valence-corrected chi connectivity index (χ3v) is 5.09. The highest BCUT2D eigenvalue weighted by atomic mass is 16.5. The van der Waals surface area contributed by atoms with Gasteiger partial charge in [0.15, 0.2) is 0 Å². The van der Waals surface area contributed by atoms with Crippen LogP contribution in [0, 0.1) is 11.8 Å². The first-order valence-electron chi connectivity index (χ1n) is 8.77. The minimum absolute atomic E-state index is 0.0596. The summed E-state index contributed by atoms with van der Waals surface area (Å²) in [6.07, 6.45) is 2.59. The van der Waals surface area contributed by atoms with Gasteiger partial charge in [-0.2, -0.15) is 0 Å². The zero-order valence-electron chi connectivity index (χ0n) is 14.5. The number of carbonyl (C=O) groups excluding carboxylic acids is 2. The van der Waals surface area contributed by atoms with Gasteiger partial charge in [-0.25, -0.2) is 0 Å². The molecule has 1 aromatic carbocycles. The SMILES string of the molecule is COc1ccccc1CN1CC(C(=O)N2CCCC(C)C2)CC1=O. The minimum atomic E-state index is -0.197. The van der Waals surface area contributed by atoms with Gasteiger partial charge in [-0.3, -0.25) is 9.59 Å². The number of benzene rings is 1. The van der Waals surface area contributed by atoms with Crippen molar-refractivity contribution in [2.45, 2.75) is 32.7 Å². The van der Waals surface area contributed by atoms with E-state index in [4.69, 9.17) is 4.74 Å². The van der Waals surface area contributed by atoms with Crippen LogP contribution in [0.3, 0.4) is 0 Å². The van der Waals surface area contributed by atoms with Crippen LogP contribution in [0.25, 0.3) is 0 Å². The van der Waals surface area contributed by atoms with Gasteiger partial charge in [-0.1, -0.05) is 25.1 Å². The average Bonchev–Trinajstić information content (AvgIpc) is 2.95. The van der Waals surface area contributed by atoms with Crippen molar-refractivity contribution in [1.29, 1.82) is 0 Å². The Morgan fingerprint density at radius 2 is 2.08 bits per heavy atom. The second kappa shape index (κ2) is 7.24. The normalized spacial score (nSPS) is 24.3. The summed E-state index contributed by atoms with van der Waals surface area (Å²) in [7, 11) is 1.63. The molecule has 0 aromatic heterocycles. The molecule has 0 spiro atoms. The molecule has 2 heterocycles. The van der Waals surface area contributed by atoms with Gasteiger partial charge in [-0.05, 0) is 24.8 Å². The van der Waals surface area contributed by atoms with E-state index in [0.29, 0.717) is 25.4 Å². The number of ether oxygens (including phenoxy) is 1. The van der Waals surface area contributed by atoms with E-state index < -0.39 is 0 Å². The number of para-hydroxylation sites is 1. The number of piperidine rings is 1. The minimum Gasteiger partial charge on any atom is -0.496 e. The van der Waals surface area contributed by atoms with Crippen LogP contribution >= 0.6 is 0 Å². The molecule has 2 aliphatic heterocycles. The predicted octanol–water partition coefficient (Wildman–Crippen LogP) is 2.30. The highest BCUT2D eigenvalue weighted by Gasteiger charge is 2.37. The van der Waals surface area contributed by atoms with Gasteiger partial charge >= 0.3 is 0 Å². The third-order valence-electron chi connectivity index (χ3n) is 5.09. The van der Waals surface area contributed by atoms with E-state index in [1.165, 1.54) is 6.42 Å². The smallest absolute Gasteiger partial charge is 0.228 e. The summed E-state index contributed by atoms with van der Waals surface area (Å²) in [6, 6.07) is 7.72. The molecule has 130 valence electrons. The van der Waals surface area contributed by atoms with E-state index in [1.54, 1.807) is 12.0 Å². The van der Waals surface area contributed by atoms with Crippen LogP contribution in [-0.4, -0.2) is 48.4 Å². The van der Waals surface area contributed by atoms with Crippen LogP contribution in [0.15, 0.2) is 24.3 Å². The van der Waals surface area contributed by atoms with Gasteiger partial charge in [0.1, 0.15) is 5.75 Å². The Morgan fingerprint density at radius 3 is 2.83 bits per heavy atom. The molecule has 0 aliphatic carbocycles. The second-order valence-corrected chi connectivity index (χ2v) is 7.02. The Balaban J connectivity index is 1.64. The molecular weight excluding hydrogens is 304 g/mol. The Kier molecular flexibility index (Phi) is 5.07. The van der Waals surface area contributed by atoms with E-state index in [2.05, 4.69) is 6.92 Å². The van der Waals surface area contributed by atoms with Gasteiger partial charge in [0, 0.05) is 38.2 Å². The molecule has 2 aliphatic rings. The molecule has 3 rings (SSSR count). The first kappa shape index (κ1) is 16.8. The van der Waals surface area contributed by atoms with Crippen molar-refractivity contribution in [3.05, 3.63) is 29.8 Å². The molecule has 5 heteroatoms. The number of carbonyl (C=O) groups is 2. The molecule has 1 aromatic rings. The van der Waals surface area contributed by atoms with Gasteiger partial charge in [0.25, 0.3) is 0 Å². The lowest BCUT2D eigenvalue weighted by Gasteiger charge is -2.32. The third kappa shape index (κ3) is 3.55. The molecule has 2 unspecified atom stereocenters. The first-order chi connectivity index (χ1) is 11.6. The summed E-state index contributed by atoms with van der Waals surface area (Å²) in [5, 5.41) is 0. The summed E-state index contributed by atoms with van der Waals surface area (Å²) in [6.45, 7) is 4.87. The fourth-order valence-corrected chi connectivity index (χ4v) is 3.78. The molecule has 5 nitrogen and oxygen atoms in total. The standard InChI is InChI=1S/C19H26N2O3/c1-14-6-5-9-20(11-14)19(23)16-10-18(22)21(13-16)12-15-7-3-4-8-17(15)24-2/h3-4,7-8,14,16H,5-6,9-13H2,1-2H3. The number of methoxy groups -OCH3 is 1. The highest BCUT2D eigenvalue weighted by Crippen LogP contribution is 2.27. The number of hydrogen-bond donors (Lipinski definition) is 0. The maximum absolute atomic E-state index is 12.7. The van der Waals surface area contributed by atoms with Crippen LogP contribution in [0.5, 0.6) is 5.75 Å². The van der Waals surface area contributed by atoms with Crippen molar-refractivity contribution in [3.63, 3.8) is 0 Å². The molecular formula is C19H26N2O3. The van der Waals surface area contributed by atoms with Gasteiger partial charge in [0.05, 0.1) is 13.0 Å². The largest absolute Gasteiger partial charge is 0.496 e. The average molecular weight is 330 g/mol. The van der Waals surface area contributed by atoms with Crippen molar-refractivity contribution in [2.75, 3.05) is 26.7 Å². The van der Waals surface area contributed by atoms with E-state index in [-0.39, 0.29) is 17.7 Å². The zero-order valence-corrected chi connectivity index (χ0v) is 14.5. The molecule has 0 N–H and O–H groups in total. The Morgan fingerprint density at radius 1 is 1.29 bits per heavy atom. The van der Waals surface area contributed by atoms with E-state index in [0.717, 1.165) is 30.8 Å². The summed E-state index contributed by atoms with van der Waals surface area (Å²) in [5.41, 5.74) is 0.980. The van der Waals surface area contributed by atoms with Crippen LogP contribution < -0.4 is 4.74 Å². The van der Waals surface area contributed by atoms with Crippen molar-refractivity contribution in [2.24, 2.45) is 11.8 Å². The fraction of sp³-hybridized carbons (Fsp3) is 0.579. The highest BCUT2D eigenvalue weighted by molar-refractivity contribution is 5.89. The van der Waals surface area contributed by atoms with Crippen molar-refractivity contribution < 1.29 is 14.3 Å². The molecule has 2 amide bonds. The molecule has 2 saturated heterocycles. The Bertz CT molecular complexity index is 616. The van der Waals surface area contributed by atoms with Gasteiger partial charge < -0.3 is 14.5 Å². The fourth-order valence-electron chi connectivity index (χ4n) is 3.78. The quantitative estimate of drug-likeness (QED) is 0.851. The van der Waals surface area contributed by atoms with E-state index >= 15 is 0 Å². The lowest BCUT2D eigenvalue weighted by Crippen LogP contribution is -2.43. The Labute approximate surface area is 143 Å². The van der Waals surface area contributed by atoms with Crippen LogP contribution in [0.1, 0.15) is 31.7 Å². The summed E-state index contributed by atoms with van der Waals surface area (Å²) < 4.78 is 5.36. The molecule has 0 bridgehead atoms. The molecule has 0 radical (unpaired) electrons. The molecule has 2 fully saturated rings. The van der Waals surface area contributed by atoms with Crippen LogP contribution in [0.2, 0.25) is 0 Å². The number of likely N-dealkylation sites (tertiary alicyclic amines) is 2. The van der Waals surface area contributed by atoms with Crippen LogP contribution in [-0.2, 0) is 16.1 Å². The van der Waals surface area contributed by atoms with E-state index in [1.807, 2.05) is 29.2 Å². The maximum atomic E-state index is 12.7. The maximum Gasteiger partial charge on any atom is 0.228 e. The predicted molar refractivity (Wildman–Crippen MR) is 91.5 cm³/mol. The van der Waals surface area contributed by atoms with E-state index in [9.17, 15) is 9.59 Å². The topological polar surface area (TPSA) is 49.9 Å². The number of nitrogens with zero attached hydrogens (tertiary/aromatic N) is 2. The second-order valence-electron chi connectivity index (χ2n) is 7.02. The molecule has 2 atom stereocenters. The molecule has 24 heavy (non-hydrogen) atoms. The lowest BCUT2D eigenvalue weighted by atomic mass is 9.98.